The molecule has 0 saturated heterocycles. The molecule has 4 rings (SSSR count). The van der Waals surface area contributed by atoms with Crippen LogP contribution in [0.3, 0.4) is 0 Å². The second kappa shape index (κ2) is 18.4. The van der Waals surface area contributed by atoms with Gasteiger partial charge in [-0.1, -0.05) is 47.9 Å². The molecule has 4 aromatic rings. The summed E-state index contributed by atoms with van der Waals surface area (Å²) in [7, 11) is -8.02. The molecule has 0 bridgehead atoms. The van der Waals surface area contributed by atoms with Gasteiger partial charge in [0.15, 0.2) is 0 Å². The van der Waals surface area contributed by atoms with Crippen LogP contribution in [0.2, 0.25) is 0 Å². The van der Waals surface area contributed by atoms with Crippen LogP contribution in [-0.4, -0.2) is 33.1 Å². The molecule has 0 heterocycles. The molecule has 0 fully saturated rings. The Morgan fingerprint density at radius 1 is 0.667 bits per heavy atom. The van der Waals surface area contributed by atoms with Crippen LogP contribution in [0.1, 0.15) is 18.1 Å². The number of hydrogen-bond donors (Lipinski definition) is 0. The zero-order valence-corrected chi connectivity index (χ0v) is 34.1. The fourth-order valence-electron chi connectivity index (χ4n) is 3.82. The van der Waals surface area contributed by atoms with Gasteiger partial charge in [-0.15, -0.1) is 59.7 Å². The minimum atomic E-state index is -4.82. The van der Waals surface area contributed by atoms with Crippen molar-refractivity contribution in [3.05, 3.63) is 96.1 Å². The van der Waals surface area contributed by atoms with Gasteiger partial charge >= 0.3 is 118 Å². The maximum atomic E-state index is 12.0. The van der Waals surface area contributed by atoms with Gasteiger partial charge in [0.05, 0.1) is 13.7 Å². The molecule has 42 heavy (non-hydrogen) atoms. The van der Waals surface area contributed by atoms with Gasteiger partial charge in [-0.05, 0) is 24.1 Å². The van der Waals surface area contributed by atoms with Gasteiger partial charge in [0.25, 0.3) is 0 Å². The van der Waals surface area contributed by atoms with E-state index in [2.05, 4.69) is 12.1 Å². The molecule has 0 saturated carbocycles. The Labute approximate surface area is 335 Å². The predicted octanol–water partition coefficient (Wildman–Crippen LogP) is -7.40. The van der Waals surface area contributed by atoms with Gasteiger partial charge in [-0.25, -0.2) is 16.8 Å². The van der Waals surface area contributed by atoms with Gasteiger partial charge in [-0.2, -0.15) is 0 Å². The summed E-state index contributed by atoms with van der Waals surface area (Å²) in [6.45, 7) is 1.88. The topological polar surface area (TPSA) is 133 Å². The minimum Gasteiger partial charge on any atom is -0.745 e. The molecular formula is C28H22Na4O8S2. The number of ether oxygens (including phenoxy) is 2. The molecule has 0 aliphatic carbocycles. The number of benzene rings is 4. The third-order valence-corrected chi connectivity index (χ3v) is 7.58. The van der Waals surface area contributed by atoms with E-state index in [1.54, 1.807) is 48.5 Å². The molecule has 0 aliphatic heterocycles. The van der Waals surface area contributed by atoms with Gasteiger partial charge in [0, 0.05) is 15.5 Å². The smallest absolute Gasteiger partial charge is 0.745 e. The molecule has 198 valence electrons. The first kappa shape index (κ1) is 42.3. The number of hydrogen-bond acceptors (Lipinski definition) is 8. The van der Waals surface area contributed by atoms with E-state index in [4.69, 9.17) is 9.47 Å². The third-order valence-electron chi connectivity index (χ3n) is 5.83. The van der Waals surface area contributed by atoms with E-state index in [1.165, 1.54) is 25.3 Å². The van der Waals surface area contributed by atoms with Gasteiger partial charge in [-0.3, -0.25) is 0 Å². The fraction of sp³-hybridized carbons (Fsp3) is 0.143. The summed E-state index contributed by atoms with van der Waals surface area (Å²) in [6, 6.07) is 24.4. The zero-order valence-electron chi connectivity index (χ0n) is 24.4. The van der Waals surface area contributed by atoms with Crippen molar-refractivity contribution in [3.8, 4) is 33.8 Å². The van der Waals surface area contributed by atoms with E-state index in [0.29, 0.717) is 28.9 Å². The number of aryl methyl sites for hydroxylation is 1. The first-order valence-corrected chi connectivity index (χ1v) is 14.2. The van der Waals surface area contributed by atoms with Crippen LogP contribution >= 0.6 is 0 Å². The third kappa shape index (κ3) is 11.0. The summed E-state index contributed by atoms with van der Waals surface area (Å²) in [5.41, 5.74) is 2.63. The quantitative estimate of drug-likeness (QED) is 0.100. The number of rotatable bonds is 9. The van der Waals surface area contributed by atoms with Crippen molar-refractivity contribution in [2.45, 2.75) is 29.7 Å². The maximum Gasteiger partial charge on any atom is 1.00 e. The summed E-state index contributed by atoms with van der Waals surface area (Å²) in [4.78, 5) is -0.752. The Morgan fingerprint density at radius 2 is 1.17 bits per heavy atom. The Bertz CT molecular complexity index is 1680. The predicted molar refractivity (Wildman–Crippen MR) is 138 cm³/mol. The molecule has 0 aromatic heterocycles. The van der Waals surface area contributed by atoms with Crippen molar-refractivity contribution in [3.63, 3.8) is 0 Å². The summed E-state index contributed by atoms with van der Waals surface area (Å²) < 4.78 is 82.1. The normalized spacial score (nSPS) is 10.7. The monoisotopic (exact) mass is 642 g/mol. The molecule has 14 heteroatoms. The molecule has 8 nitrogen and oxygen atoms in total. The largest absolute Gasteiger partial charge is 1.00 e. The van der Waals surface area contributed by atoms with Crippen molar-refractivity contribution < 1.29 is 154 Å². The van der Waals surface area contributed by atoms with Crippen LogP contribution in [0.25, 0.3) is 22.3 Å². The summed E-state index contributed by atoms with van der Waals surface area (Å²) in [6.07, 6.45) is 0.581. The first-order valence-electron chi connectivity index (χ1n) is 11.4. The van der Waals surface area contributed by atoms with E-state index in [-0.39, 0.29) is 147 Å². The van der Waals surface area contributed by atoms with Crippen LogP contribution < -0.4 is 128 Å². The van der Waals surface area contributed by atoms with Crippen LogP contribution in [0.4, 0.5) is 0 Å². The molecule has 0 N–H and O–H groups in total. The average molecular weight is 643 g/mol. The number of methoxy groups -OCH3 is 1. The molecule has 0 unspecified atom stereocenters. The SMILES string of the molecule is CCc1ccc(-c2[c-]cc(COc3ccc(-c4[c-]cc(OC)cc4)c(S(=O)(=O)[O-])c3)cc2)c(S(=O)(=O)[O-])c1.[Na+].[Na+].[Na+].[Na+]. The van der Waals surface area contributed by atoms with Crippen LogP contribution in [0.15, 0.2) is 82.6 Å². The second-order valence-corrected chi connectivity index (χ2v) is 11.0. The standard InChI is InChI=1S/C28H24O8S2.4Na/c1-3-19-6-14-25(27(16-19)37(29,30)31)21-7-4-20(5-8-21)18-36-24-13-15-26(28(17-24)38(32,33)34)22-9-11-23(35-2)12-10-22;;;;/h4-7,9,11-17H,3,18H2,1-2H3,(H,29,30,31)(H,32,33,34);;;;/q-2;4*+1/p-2. The van der Waals surface area contributed by atoms with Crippen molar-refractivity contribution in [2.75, 3.05) is 7.11 Å². The zero-order chi connectivity index (χ0) is 27.5. The average Bonchev–Trinajstić information content (AvgIpc) is 2.91. The van der Waals surface area contributed by atoms with Crippen molar-refractivity contribution >= 4 is 20.2 Å². The van der Waals surface area contributed by atoms with Crippen molar-refractivity contribution in [1.29, 1.82) is 0 Å². The summed E-state index contributed by atoms with van der Waals surface area (Å²) in [5, 5.41) is 0. The molecule has 0 aliphatic rings. The van der Waals surface area contributed by atoms with Crippen LogP contribution in [0.5, 0.6) is 11.5 Å². The van der Waals surface area contributed by atoms with E-state index in [1.807, 2.05) is 6.92 Å². The van der Waals surface area contributed by atoms with E-state index in [0.717, 1.165) is 11.6 Å². The van der Waals surface area contributed by atoms with E-state index >= 15 is 0 Å². The Morgan fingerprint density at radius 3 is 1.64 bits per heavy atom. The Kier molecular flexibility index (Phi) is 18.6. The van der Waals surface area contributed by atoms with Crippen LogP contribution in [0, 0.1) is 12.1 Å². The molecule has 0 atom stereocenters. The summed E-state index contributed by atoms with van der Waals surface area (Å²) >= 11 is 0. The van der Waals surface area contributed by atoms with Gasteiger partial charge < -0.3 is 18.6 Å². The molecule has 0 amide bonds. The van der Waals surface area contributed by atoms with Crippen molar-refractivity contribution in [2.24, 2.45) is 0 Å². The van der Waals surface area contributed by atoms with E-state index < -0.39 is 25.1 Å². The van der Waals surface area contributed by atoms with Gasteiger partial charge in [0.2, 0.25) is 0 Å². The molecular weight excluding hydrogens is 620 g/mol. The summed E-state index contributed by atoms with van der Waals surface area (Å²) in [5.74, 6) is 0.697. The van der Waals surface area contributed by atoms with Crippen LogP contribution in [-0.2, 0) is 33.3 Å². The Hall–Kier alpha value is 0.300. The molecule has 0 radical (unpaired) electrons. The van der Waals surface area contributed by atoms with Gasteiger partial charge in [0.1, 0.15) is 26.0 Å². The first-order chi connectivity index (χ1) is 18.0. The second-order valence-electron chi connectivity index (χ2n) is 8.29. The Balaban J connectivity index is 0.00000420. The fourth-order valence-corrected chi connectivity index (χ4v) is 5.27. The minimum absolute atomic E-state index is 0. The van der Waals surface area contributed by atoms with E-state index in [9.17, 15) is 25.9 Å². The molecule has 4 aromatic carbocycles. The molecule has 0 spiro atoms. The maximum absolute atomic E-state index is 12.0. The van der Waals surface area contributed by atoms with Crippen molar-refractivity contribution in [1.82, 2.24) is 0 Å².